The first-order chi connectivity index (χ1) is 26.7. The smallest absolute Gasteiger partial charge is 0.338 e. The number of thioether (sulfide) groups is 1. The van der Waals surface area contributed by atoms with Crippen LogP contribution in [0.5, 0.6) is 5.75 Å². The van der Waals surface area contributed by atoms with Gasteiger partial charge < -0.3 is 24.8 Å². The van der Waals surface area contributed by atoms with Crippen LogP contribution < -0.4 is 15.4 Å². The molecule has 0 bridgehead atoms. The van der Waals surface area contributed by atoms with Crippen molar-refractivity contribution in [3.8, 4) is 5.75 Å². The van der Waals surface area contributed by atoms with E-state index < -0.39 is 41.9 Å². The summed E-state index contributed by atoms with van der Waals surface area (Å²) in [5, 5.41) is 5.77. The molecule has 2 N–H and O–H groups in total. The van der Waals surface area contributed by atoms with Crippen LogP contribution in [0.15, 0.2) is 140 Å². The van der Waals surface area contributed by atoms with Crippen LogP contribution in [0.25, 0.3) is 0 Å². The van der Waals surface area contributed by atoms with Gasteiger partial charge in [-0.05, 0) is 58.0 Å². The van der Waals surface area contributed by atoms with Crippen molar-refractivity contribution in [1.29, 1.82) is 0 Å². The second-order valence-electron chi connectivity index (χ2n) is 13.3. The predicted molar refractivity (Wildman–Crippen MR) is 214 cm³/mol. The van der Waals surface area contributed by atoms with E-state index in [-0.39, 0.29) is 24.7 Å². The van der Waals surface area contributed by atoms with Crippen LogP contribution in [0.2, 0.25) is 0 Å². The van der Waals surface area contributed by atoms with Gasteiger partial charge in [-0.3, -0.25) is 9.59 Å². The van der Waals surface area contributed by atoms with Crippen molar-refractivity contribution < 1.29 is 33.4 Å². The maximum Gasteiger partial charge on any atom is 0.338 e. The highest BCUT2D eigenvalue weighted by Gasteiger charge is 2.32. The molecular weight excluding hydrogens is 713 g/mol. The zero-order valence-electron chi connectivity index (χ0n) is 31.2. The Morgan fingerprint density at radius 2 is 1.27 bits per heavy atom. The van der Waals surface area contributed by atoms with Crippen molar-refractivity contribution in [2.45, 2.75) is 50.8 Å². The zero-order chi connectivity index (χ0) is 39.0. The van der Waals surface area contributed by atoms with Crippen molar-refractivity contribution in [3.05, 3.63) is 173 Å². The number of rotatable bonds is 18. The van der Waals surface area contributed by atoms with Gasteiger partial charge >= 0.3 is 11.9 Å². The summed E-state index contributed by atoms with van der Waals surface area (Å²) in [6.07, 6.45) is -0.770. The normalized spacial score (nSPS) is 12.0. The molecule has 0 radical (unpaired) electrons. The first-order valence-electron chi connectivity index (χ1n) is 18.1. The van der Waals surface area contributed by atoms with E-state index in [1.807, 2.05) is 129 Å². The van der Waals surface area contributed by atoms with Crippen molar-refractivity contribution in [1.82, 2.24) is 10.6 Å². The Bertz CT molecular complexity index is 1950. The molecule has 5 rings (SSSR count). The third-order valence-corrected chi connectivity index (χ3v) is 9.87. The molecule has 55 heavy (non-hydrogen) atoms. The number of carbonyl (C=O) groups excluding carboxylic acids is 4. The maximum absolute atomic E-state index is 14.0. The topological polar surface area (TPSA) is 120 Å². The number of methoxy groups -OCH3 is 1. The molecule has 0 aliphatic heterocycles. The molecule has 9 nitrogen and oxygen atoms in total. The van der Waals surface area contributed by atoms with Gasteiger partial charge in [-0.1, -0.05) is 129 Å². The van der Waals surface area contributed by atoms with Crippen LogP contribution in [0, 0.1) is 5.92 Å². The average Bonchev–Trinajstić information content (AvgIpc) is 3.21. The van der Waals surface area contributed by atoms with Crippen LogP contribution >= 0.6 is 11.8 Å². The Morgan fingerprint density at radius 1 is 0.673 bits per heavy atom. The van der Waals surface area contributed by atoms with Crippen LogP contribution in [-0.2, 0) is 42.6 Å². The lowest BCUT2D eigenvalue weighted by molar-refractivity contribution is -0.153. The Hall–Kier alpha value is -5.87. The summed E-state index contributed by atoms with van der Waals surface area (Å²) in [5.41, 5.74) is 4.36. The molecule has 0 fully saturated rings. The van der Waals surface area contributed by atoms with E-state index in [1.165, 1.54) is 11.8 Å². The zero-order valence-corrected chi connectivity index (χ0v) is 32.0. The minimum absolute atomic E-state index is 0.0851. The molecule has 0 saturated heterocycles. The van der Waals surface area contributed by atoms with Crippen molar-refractivity contribution >= 4 is 35.5 Å². The molecule has 2 amide bonds. The standard InChI is InChI=1S/C45H46N2O7S/c1-31(2)41(45(51)54-42(35-17-9-5-10-18-35)36-19-11-6-12-20-36)47-43(49)39(30-55-29-33-22-24-38(52-3)25-23-33)46-40(48)27-34-16-13-21-37(26-34)44(50)53-28-32-14-7-4-8-15-32/h4-26,31,39,41-42H,27-30H2,1-3H3,(H,46,48)(H,47,49)/t39-,41+/m0/s1. The van der Waals surface area contributed by atoms with Gasteiger partial charge in [0, 0.05) is 11.5 Å². The number of nitrogens with one attached hydrogen (secondary N) is 2. The van der Waals surface area contributed by atoms with E-state index in [2.05, 4.69) is 10.6 Å². The summed E-state index contributed by atoms with van der Waals surface area (Å²) in [5.74, 6) is -0.817. The molecule has 0 heterocycles. The van der Waals surface area contributed by atoms with E-state index in [4.69, 9.17) is 14.2 Å². The molecule has 5 aromatic carbocycles. The fourth-order valence-electron chi connectivity index (χ4n) is 5.77. The van der Waals surface area contributed by atoms with Gasteiger partial charge in [-0.2, -0.15) is 11.8 Å². The maximum atomic E-state index is 14.0. The predicted octanol–water partition coefficient (Wildman–Crippen LogP) is 7.49. The minimum Gasteiger partial charge on any atom is -0.497 e. The molecule has 5 aromatic rings. The number of esters is 2. The van der Waals surface area contributed by atoms with Gasteiger partial charge in [-0.15, -0.1) is 0 Å². The Kier molecular flexibility index (Phi) is 15.1. The van der Waals surface area contributed by atoms with E-state index >= 15 is 0 Å². The highest BCUT2D eigenvalue weighted by Crippen LogP contribution is 2.27. The minimum atomic E-state index is -0.994. The fourth-order valence-corrected chi connectivity index (χ4v) is 6.79. The third kappa shape index (κ3) is 12.3. The lowest BCUT2D eigenvalue weighted by Crippen LogP contribution is -2.54. The quantitative estimate of drug-likeness (QED) is 0.0883. The number of carbonyl (C=O) groups is 4. The monoisotopic (exact) mass is 758 g/mol. The van der Waals surface area contributed by atoms with E-state index in [1.54, 1.807) is 31.4 Å². The molecule has 0 unspecified atom stereocenters. The third-order valence-electron chi connectivity index (χ3n) is 8.76. The summed E-state index contributed by atoms with van der Waals surface area (Å²) in [4.78, 5) is 54.2. The second kappa shape index (κ2) is 20.5. The van der Waals surface area contributed by atoms with Crippen molar-refractivity contribution in [2.24, 2.45) is 5.92 Å². The van der Waals surface area contributed by atoms with Gasteiger partial charge in [-0.25, -0.2) is 9.59 Å². The number of ether oxygens (including phenoxy) is 3. The molecule has 284 valence electrons. The molecule has 0 aliphatic carbocycles. The Balaban J connectivity index is 1.28. The van der Waals surface area contributed by atoms with Gasteiger partial charge in [0.05, 0.1) is 19.1 Å². The fraction of sp³-hybridized carbons (Fsp3) is 0.244. The highest BCUT2D eigenvalue weighted by molar-refractivity contribution is 7.98. The van der Waals surface area contributed by atoms with Crippen LogP contribution in [0.1, 0.15) is 58.1 Å². The first kappa shape index (κ1) is 40.3. The van der Waals surface area contributed by atoms with E-state index in [0.29, 0.717) is 16.9 Å². The van der Waals surface area contributed by atoms with Gasteiger partial charge in [0.1, 0.15) is 24.4 Å². The Morgan fingerprint density at radius 3 is 1.87 bits per heavy atom. The lowest BCUT2D eigenvalue weighted by atomic mass is 10.0. The lowest BCUT2D eigenvalue weighted by Gasteiger charge is -2.27. The summed E-state index contributed by atoms with van der Waals surface area (Å²) in [7, 11) is 1.60. The molecular formula is C45H46N2O7S. The Labute approximate surface area is 326 Å². The van der Waals surface area contributed by atoms with Crippen LogP contribution in [-0.4, -0.2) is 48.7 Å². The first-order valence-corrected chi connectivity index (χ1v) is 19.3. The van der Waals surface area contributed by atoms with Crippen LogP contribution in [0.4, 0.5) is 0 Å². The molecule has 10 heteroatoms. The van der Waals surface area contributed by atoms with Crippen molar-refractivity contribution in [3.63, 3.8) is 0 Å². The molecule has 0 spiro atoms. The summed E-state index contributed by atoms with van der Waals surface area (Å²) in [6.45, 7) is 3.78. The van der Waals surface area contributed by atoms with Crippen molar-refractivity contribution in [2.75, 3.05) is 12.9 Å². The highest BCUT2D eigenvalue weighted by atomic mass is 32.2. The summed E-state index contributed by atoms with van der Waals surface area (Å²) in [6, 6.07) is 40.5. The van der Waals surface area contributed by atoms with Gasteiger partial charge in [0.2, 0.25) is 11.8 Å². The van der Waals surface area contributed by atoms with Gasteiger partial charge in [0.15, 0.2) is 6.10 Å². The number of hydrogen-bond acceptors (Lipinski definition) is 8. The second-order valence-corrected chi connectivity index (χ2v) is 14.3. The summed E-state index contributed by atoms with van der Waals surface area (Å²) >= 11 is 1.47. The number of amides is 2. The van der Waals surface area contributed by atoms with Gasteiger partial charge in [0.25, 0.3) is 0 Å². The number of benzene rings is 5. The number of hydrogen-bond donors (Lipinski definition) is 2. The molecule has 0 aliphatic rings. The average molecular weight is 759 g/mol. The van der Waals surface area contributed by atoms with E-state index in [9.17, 15) is 19.2 Å². The molecule has 0 aromatic heterocycles. The largest absolute Gasteiger partial charge is 0.497 e. The summed E-state index contributed by atoms with van der Waals surface area (Å²) < 4.78 is 16.9. The SMILES string of the molecule is COc1ccc(CSC[C@H](NC(=O)Cc2cccc(C(=O)OCc3ccccc3)c2)C(=O)N[C@@H](C(=O)OC(c2ccccc2)c2ccccc2)C(C)C)cc1. The molecule has 2 atom stereocenters. The van der Waals surface area contributed by atoms with E-state index in [0.717, 1.165) is 28.0 Å². The molecule has 0 saturated carbocycles. The van der Waals surface area contributed by atoms with Crippen LogP contribution in [0.3, 0.4) is 0 Å².